The Kier molecular flexibility index (Phi) is 5.40. The van der Waals surface area contributed by atoms with Crippen molar-refractivity contribution < 1.29 is 0 Å². The third kappa shape index (κ3) is 4.02. The van der Waals surface area contributed by atoms with E-state index in [2.05, 4.69) is 54.6 Å². The molecular weight excluding hydrogens is 464 g/mol. The Labute approximate surface area is 166 Å². The van der Waals surface area contributed by atoms with Crippen molar-refractivity contribution in [1.29, 1.82) is 10.5 Å². The zero-order valence-electron chi connectivity index (χ0n) is 12.7. The summed E-state index contributed by atoms with van der Waals surface area (Å²) in [5.41, 5.74) is 2.66. The van der Waals surface area contributed by atoms with Gasteiger partial charge in [-0.15, -0.1) is 11.3 Å². The van der Waals surface area contributed by atoms with Crippen LogP contribution in [0, 0.1) is 22.7 Å². The predicted octanol–water partition coefficient (Wildman–Crippen LogP) is 6.50. The van der Waals surface area contributed by atoms with Crippen LogP contribution in [-0.4, -0.2) is 0 Å². The van der Waals surface area contributed by atoms with E-state index in [9.17, 15) is 10.5 Å². The molecule has 0 fully saturated rings. The van der Waals surface area contributed by atoms with E-state index in [1.165, 1.54) is 11.3 Å². The van der Waals surface area contributed by atoms with Gasteiger partial charge in [0.05, 0.1) is 5.69 Å². The molecule has 4 nitrogen and oxygen atoms in total. The molecule has 0 unspecified atom stereocenters. The largest absolute Gasteiger partial charge is 0.352 e. The van der Waals surface area contributed by atoms with Crippen LogP contribution in [0.25, 0.3) is 0 Å². The maximum absolute atomic E-state index is 9.49. The maximum atomic E-state index is 9.49. The Morgan fingerprint density at radius 3 is 1.76 bits per heavy atom. The molecule has 7 heteroatoms. The van der Waals surface area contributed by atoms with Gasteiger partial charge >= 0.3 is 0 Å². The molecule has 0 amide bonds. The van der Waals surface area contributed by atoms with Crippen LogP contribution in [0.3, 0.4) is 0 Å². The summed E-state index contributed by atoms with van der Waals surface area (Å²) >= 11 is 8.06. The van der Waals surface area contributed by atoms with Gasteiger partial charge in [0, 0.05) is 20.3 Å². The topological polar surface area (TPSA) is 71.6 Å². The lowest BCUT2D eigenvalue weighted by Gasteiger charge is -2.10. The molecule has 1 aromatic heterocycles. The summed E-state index contributed by atoms with van der Waals surface area (Å²) in [4.78, 5) is 0.377. The fourth-order valence-electron chi connectivity index (χ4n) is 2.17. The van der Waals surface area contributed by atoms with Gasteiger partial charge in [-0.2, -0.15) is 10.5 Å². The number of rotatable bonds is 4. The van der Waals surface area contributed by atoms with Crippen LogP contribution in [0.2, 0.25) is 0 Å². The van der Waals surface area contributed by atoms with E-state index in [4.69, 9.17) is 0 Å². The van der Waals surface area contributed by atoms with Crippen LogP contribution in [-0.2, 0) is 0 Å². The average molecular weight is 474 g/mol. The van der Waals surface area contributed by atoms with Gasteiger partial charge in [-0.1, -0.05) is 31.9 Å². The quantitative estimate of drug-likeness (QED) is 0.453. The summed E-state index contributed by atoms with van der Waals surface area (Å²) in [5.74, 6) is 0. The number of hydrogen-bond acceptors (Lipinski definition) is 5. The van der Waals surface area contributed by atoms with Gasteiger partial charge in [-0.25, -0.2) is 0 Å². The third-order valence-corrected chi connectivity index (χ3v) is 5.40. The second-order valence-corrected chi connectivity index (χ2v) is 7.85. The number of nitrogens with one attached hydrogen (secondary N) is 2. The van der Waals surface area contributed by atoms with Crippen LogP contribution in [0.1, 0.15) is 10.4 Å². The van der Waals surface area contributed by atoms with E-state index in [0.29, 0.717) is 16.1 Å². The summed E-state index contributed by atoms with van der Waals surface area (Å²) in [6.07, 6.45) is 0. The number of anilines is 4. The molecule has 0 aliphatic heterocycles. The maximum Gasteiger partial charge on any atom is 0.126 e. The second kappa shape index (κ2) is 7.71. The van der Waals surface area contributed by atoms with Gasteiger partial charge in [0.15, 0.2) is 0 Å². The summed E-state index contributed by atoms with van der Waals surface area (Å²) in [5, 5.41) is 26.1. The lowest BCUT2D eigenvalue weighted by atomic mass is 10.2. The molecule has 0 bridgehead atoms. The van der Waals surface area contributed by atoms with Crippen molar-refractivity contribution in [3.63, 3.8) is 0 Å². The lowest BCUT2D eigenvalue weighted by Crippen LogP contribution is -1.96. The summed E-state index contributed by atoms with van der Waals surface area (Å²) in [6.45, 7) is 0. The standard InChI is InChI=1S/C18H10Br2N4S/c19-11-1-5-13(6-2-11)23-17-15(9-21)16(10-22)25-18(17)24-14-7-3-12(20)4-8-14/h1-8,23-24H. The summed E-state index contributed by atoms with van der Waals surface area (Å²) in [7, 11) is 0. The molecule has 0 saturated carbocycles. The van der Waals surface area contributed by atoms with Crippen molar-refractivity contribution >= 4 is 65.3 Å². The zero-order chi connectivity index (χ0) is 17.8. The number of thiophene rings is 1. The minimum absolute atomic E-state index is 0.343. The molecule has 2 N–H and O–H groups in total. The van der Waals surface area contributed by atoms with E-state index >= 15 is 0 Å². The smallest absolute Gasteiger partial charge is 0.126 e. The molecule has 122 valence electrons. The molecule has 0 saturated heterocycles. The summed E-state index contributed by atoms with van der Waals surface area (Å²) < 4.78 is 1.95. The van der Waals surface area contributed by atoms with Crippen molar-refractivity contribution in [3.05, 3.63) is 67.9 Å². The highest BCUT2D eigenvalue weighted by Crippen LogP contribution is 2.41. The van der Waals surface area contributed by atoms with Gasteiger partial charge in [0.1, 0.15) is 27.6 Å². The zero-order valence-corrected chi connectivity index (χ0v) is 16.7. The fourth-order valence-corrected chi connectivity index (χ4v) is 3.62. The highest BCUT2D eigenvalue weighted by atomic mass is 79.9. The molecule has 25 heavy (non-hydrogen) atoms. The highest BCUT2D eigenvalue weighted by molar-refractivity contribution is 9.10. The monoisotopic (exact) mass is 472 g/mol. The fraction of sp³-hybridized carbons (Fsp3) is 0. The van der Waals surface area contributed by atoms with E-state index < -0.39 is 0 Å². The van der Waals surface area contributed by atoms with Crippen molar-refractivity contribution in [2.24, 2.45) is 0 Å². The van der Waals surface area contributed by atoms with Crippen LogP contribution >= 0.6 is 43.2 Å². The first-order chi connectivity index (χ1) is 12.1. The first-order valence-corrected chi connectivity index (χ1v) is 9.53. The van der Waals surface area contributed by atoms with E-state index in [0.717, 1.165) is 25.3 Å². The Morgan fingerprint density at radius 2 is 1.28 bits per heavy atom. The van der Waals surface area contributed by atoms with Crippen molar-refractivity contribution in [3.8, 4) is 12.1 Å². The van der Waals surface area contributed by atoms with Crippen LogP contribution in [0.5, 0.6) is 0 Å². The Balaban J connectivity index is 2.00. The molecule has 0 atom stereocenters. The molecular formula is C18H10Br2N4S. The SMILES string of the molecule is N#Cc1sc(Nc2ccc(Br)cc2)c(Nc2ccc(Br)cc2)c1C#N. The summed E-state index contributed by atoms with van der Waals surface area (Å²) in [6, 6.07) is 19.5. The third-order valence-electron chi connectivity index (χ3n) is 3.34. The minimum Gasteiger partial charge on any atom is -0.352 e. The average Bonchev–Trinajstić information content (AvgIpc) is 2.95. The molecule has 0 spiro atoms. The molecule has 3 rings (SSSR count). The molecule has 2 aromatic carbocycles. The van der Waals surface area contributed by atoms with E-state index in [1.54, 1.807) is 0 Å². The molecule has 0 aliphatic carbocycles. The number of hydrogen-bond donors (Lipinski definition) is 2. The predicted molar refractivity (Wildman–Crippen MR) is 109 cm³/mol. The number of nitrogens with zero attached hydrogens (tertiary/aromatic N) is 2. The lowest BCUT2D eigenvalue weighted by molar-refractivity contribution is 1.46. The molecule has 3 aromatic rings. The van der Waals surface area contributed by atoms with Gasteiger partial charge < -0.3 is 10.6 Å². The van der Waals surface area contributed by atoms with Crippen molar-refractivity contribution in [2.75, 3.05) is 10.6 Å². The minimum atomic E-state index is 0.343. The molecule has 0 aliphatic rings. The highest BCUT2D eigenvalue weighted by Gasteiger charge is 2.18. The number of halogens is 2. The first kappa shape index (κ1) is 17.5. The normalized spacial score (nSPS) is 9.92. The molecule has 0 radical (unpaired) electrons. The Bertz CT molecular complexity index is 980. The first-order valence-electron chi connectivity index (χ1n) is 7.13. The van der Waals surface area contributed by atoms with Gasteiger partial charge in [-0.05, 0) is 48.5 Å². The van der Waals surface area contributed by atoms with Gasteiger partial charge in [-0.3, -0.25) is 0 Å². The molecule has 1 heterocycles. The van der Waals surface area contributed by atoms with E-state index in [1.807, 2.05) is 48.5 Å². The van der Waals surface area contributed by atoms with Gasteiger partial charge in [0.2, 0.25) is 0 Å². The van der Waals surface area contributed by atoms with Crippen molar-refractivity contribution in [2.45, 2.75) is 0 Å². The number of benzene rings is 2. The Hall–Kier alpha value is -2.32. The van der Waals surface area contributed by atoms with Gasteiger partial charge in [0.25, 0.3) is 0 Å². The van der Waals surface area contributed by atoms with Crippen LogP contribution < -0.4 is 10.6 Å². The van der Waals surface area contributed by atoms with Crippen molar-refractivity contribution in [1.82, 2.24) is 0 Å². The van der Waals surface area contributed by atoms with E-state index in [-0.39, 0.29) is 0 Å². The van der Waals surface area contributed by atoms with Crippen LogP contribution in [0.4, 0.5) is 22.1 Å². The second-order valence-electron chi connectivity index (χ2n) is 5.00. The Morgan fingerprint density at radius 1 is 0.760 bits per heavy atom. The number of nitriles is 2. The van der Waals surface area contributed by atoms with Crippen LogP contribution in [0.15, 0.2) is 57.5 Å².